The first-order chi connectivity index (χ1) is 18.3. The molecular formula is C28H25Cl2FN2O5. The van der Waals surface area contributed by atoms with Crippen LogP contribution in [-0.2, 0) is 16.1 Å². The summed E-state index contributed by atoms with van der Waals surface area (Å²) in [6.45, 7) is 0.314. The van der Waals surface area contributed by atoms with Crippen LogP contribution < -0.4 is 5.32 Å². The van der Waals surface area contributed by atoms with E-state index in [1.165, 1.54) is 12.1 Å². The van der Waals surface area contributed by atoms with Gasteiger partial charge < -0.3 is 19.7 Å². The number of aromatic nitrogens is 1. The molecule has 7 nitrogen and oxygen atoms in total. The van der Waals surface area contributed by atoms with Crippen LogP contribution in [0.4, 0.5) is 10.1 Å². The van der Waals surface area contributed by atoms with Gasteiger partial charge in [0.15, 0.2) is 0 Å². The molecule has 38 heavy (non-hydrogen) atoms. The number of fused-ring (bicyclic) bond motifs is 2. The van der Waals surface area contributed by atoms with E-state index in [0.717, 1.165) is 49.5 Å². The number of anilines is 1. The molecule has 2 N–H and O–H groups in total. The van der Waals surface area contributed by atoms with Crippen LogP contribution in [0, 0.1) is 23.6 Å². The monoisotopic (exact) mass is 558 g/mol. The van der Waals surface area contributed by atoms with Gasteiger partial charge in [0.1, 0.15) is 17.3 Å². The van der Waals surface area contributed by atoms with Crippen LogP contribution in [0.5, 0.6) is 0 Å². The van der Waals surface area contributed by atoms with E-state index >= 15 is 0 Å². The molecule has 2 atom stereocenters. The summed E-state index contributed by atoms with van der Waals surface area (Å²) in [5.41, 5.74) is 1.94. The van der Waals surface area contributed by atoms with Crippen molar-refractivity contribution in [3.63, 3.8) is 0 Å². The van der Waals surface area contributed by atoms with Crippen molar-refractivity contribution >= 4 is 40.8 Å². The molecule has 4 saturated carbocycles. The Morgan fingerprint density at radius 1 is 1.11 bits per heavy atom. The predicted molar refractivity (Wildman–Crippen MR) is 139 cm³/mol. The maximum absolute atomic E-state index is 14.3. The Balaban J connectivity index is 1.11. The first-order valence-corrected chi connectivity index (χ1v) is 13.4. The molecule has 1 heterocycles. The number of aromatic carboxylic acids is 1. The van der Waals surface area contributed by atoms with Gasteiger partial charge in [0.25, 0.3) is 0 Å². The Hall–Kier alpha value is -2.94. The van der Waals surface area contributed by atoms with Crippen LogP contribution in [0.1, 0.15) is 59.7 Å². The lowest BCUT2D eigenvalue weighted by molar-refractivity contribution is -0.142. The molecule has 0 aliphatic heterocycles. The molecule has 4 fully saturated rings. The van der Waals surface area contributed by atoms with Gasteiger partial charge in [0, 0.05) is 23.0 Å². The van der Waals surface area contributed by atoms with Crippen LogP contribution in [0.15, 0.2) is 40.9 Å². The van der Waals surface area contributed by atoms with Crippen molar-refractivity contribution in [2.45, 2.75) is 50.7 Å². The number of carbonyl (C=O) groups excluding carboxylic acids is 1. The molecule has 1 aromatic heterocycles. The van der Waals surface area contributed by atoms with E-state index in [9.17, 15) is 14.0 Å². The predicted octanol–water partition coefficient (Wildman–Crippen LogP) is 6.93. The number of hydrogen-bond acceptors (Lipinski definition) is 5. The van der Waals surface area contributed by atoms with E-state index in [1.807, 2.05) is 0 Å². The number of amides is 1. The third-order valence-electron chi connectivity index (χ3n) is 7.96. The van der Waals surface area contributed by atoms with Gasteiger partial charge in [-0.15, -0.1) is 0 Å². The fourth-order valence-electron chi connectivity index (χ4n) is 5.91. The molecule has 2 unspecified atom stereocenters. The Morgan fingerprint density at radius 3 is 2.45 bits per heavy atom. The van der Waals surface area contributed by atoms with Gasteiger partial charge >= 0.3 is 5.97 Å². The van der Waals surface area contributed by atoms with Gasteiger partial charge in [-0.3, -0.25) is 4.79 Å². The second-order valence-corrected chi connectivity index (χ2v) is 11.2. The lowest BCUT2D eigenvalue weighted by Crippen LogP contribution is -2.51. The van der Waals surface area contributed by atoms with E-state index < -0.39 is 11.8 Å². The number of halogens is 3. The van der Waals surface area contributed by atoms with Crippen molar-refractivity contribution in [3.8, 4) is 11.3 Å². The van der Waals surface area contributed by atoms with Crippen molar-refractivity contribution in [1.29, 1.82) is 0 Å². The summed E-state index contributed by atoms with van der Waals surface area (Å²) in [5, 5.41) is 17.0. The molecule has 0 saturated heterocycles. The highest BCUT2D eigenvalue weighted by molar-refractivity contribution is 6.39. The minimum absolute atomic E-state index is 0.0106. The van der Waals surface area contributed by atoms with Crippen LogP contribution in [0.25, 0.3) is 11.3 Å². The third-order valence-corrected chi connectivity index (χ3v) is 8.59. The molecule has 4 aliphatic rings. The van der Waals surface area contributed by atoms with Gasteiger partial charge in [0.05, 0.1) is 34.0 Å². The van der Waals surface area contributed by atoms with E-state index in [4.69, 9.17) is 37.6 Å². The lowest BCUT2D eigenvalue weighted by atomic mass is 9.56. The summed E-state index contributed by atoms with van der Waals surface area (Å²) < 4.78 is 26.4. The normalized spacial score (nSPS) is 24.1. The quantitative estimate of drug-likeness (QED) is 0.310. The topological polar surface area (TPSA) is 102 Å². The van der Waals surface area contributed by atoms with Gasteiger partial charge in [-0.25, -0.2) is 9.18 Å². The second kappa shape index (κ2) is 9.98. The molecule has 7 rings (SSSR count). The molecule has 0 spiro atoms. The Labute approximate surface area is 228 Å². The van der Waals surface area contributed by atoms with Crippen LogP contribution in [-0.4, -0.2) is 28.2 Å². The van der Waals surface area contributed by atoms with Crippen molar-refractivity contribution in [3.05, 3.63) is 69.1 Å². The molecule has 2 aromatic carbocycles. The zero-order valence-corrected chi connectivity index (χ0v) is 21.8. The number of ether oxygens (including phenoxy) is 1. The van der Waals surface area contributed by atoms with Gasteiger partial charge in [0.2, 0.25) is 5.91 Å². The van der Waals surface area contributed by atoms with Gasteiger partial charge in [-0.05, 0) is 74.3 Å². The maximum atomic E-state index is 14.3. The summed E-state index contributed by atoms with van der Waals surface area (Å²) in [5.74, 6) is -1.01. The number of benzene rings is 2. The summed E-state index contributed by atoms with van der Waals surface area (Å²) in [6, 6.07) is 8.80. The molecule has 10 heteroatoms. The fourth-order valence-corrected chi connectivity index (χ4v) is 6.48. The smallest absolute Gasteiger partial charge is 0.335 e. The van der Waals surface area contributed by atoms with Gasteiger partial charge in [-0.1, -0.05) is 34.4 Å². The van der Waals surface area contributed by atoms with Crippen molar-refractivity contribution in [1.82, 2.24) is 5.16 Å². The molecular weight excluding hydrogens is 534 g/mol. The summed E-state index contributed by atoms with van der Waals surface area (Å²) in [7, 11) is 0. The minimum Gasteiger partial charge on any atom is -0.478 e. The zero-order chi connectivity index (χ0) is 26.6. The Kier molecular flexibility index (Phi) is 6.66. The van der Waals surface area contributed by atoms with Crippen LogP contribution >= 0.6 is 23.2 Å². The van der Waals surface area contributed by atoms with Crippen molar-refractivity contribution in [2.24, 2.45) is 17.8 Å². The standard InChI is InChI=1S/C28H25Cl2FN2O5/c29-19-2-1-3-20(30)24(19)25-18(26(38-33-25)13-4-5-13)12-37-17-9-15-8-16(10-17)23(15)27(34)32-22-7-6-14(28(35)36)11-21(22)31/h1-3,6-7,11,13,15-17,23H,4-5,8-10,12H2,(H,32,34)(H,35,36). The number of nitrogens with zero attached hydrogens (tertiary/aromatic N) is 1. The van der Waals surface area contributed by atoms with E-state index in [0.29, 0.717) is 33.8 Å². The molecule has 2 bridgehead atoms. The summed E-state index contributed by atoms with van der Waals surface area (Å²) in [4.78, 5) is 24.0. The van der Waals surface area contributed by atoms with E-state index in [2.05, 4.69) is 10.5 Å². The van der Waals surface area contributed by atoms with Crippen LogP contribution in [0.3, 0.4) is 0 Å². The number of carbonyl (C=O) groups is 2. The lowest BCUT2D eigenvalue weighted by Gasteiger charge is -2.51. The first kappa shape index (κ1) is 25.3. The fraction of sp³-hybridized carbons (Fsp3) is 0.393. The van der Waals surface area contributed by atoms with Crippen LogP contribution in [0.2, 0.25) is 10.0 Å². The zero-order valence-electron chi connectivity index (χ0n) is 20.3. The minimum atomic E-state index is -1.22. The molecule has 1 amide bonds. The highest BCUT2D eigenvalue weighted by Gasteiger charge is 2.51. The molecule has 3 aromatic rings. The highest BCUT2D eigenvalue weighted by atomic mass is 35.5. The number of nitrogens with one attached hydrogen (secondary N) is 1. The number of hydrogen-bond donors (Lipinski definition) is 2. The average Bonchev–Trinajstić information content (AvgIpc) is 3.64. The number of carboxylic acid groups (broad SMARTS) is 1. The number of rotatable bonds is 8. The SMILES string of the molecule is O=C(O)c1ccc(NC(=O)C2C3CC(OCc4c(-c5c(Cl)cccc5Cl)noc4C4CC4)CC2C3)c(F)c1. The van der Waals surface area contributed by atoms with E-state index in [-0.39, 0.29) is 41.0 Å². The summed E-state index contributed by atoms with van der Waals surface area (Å²) in [6.07, 6.45) is 4.44. The molecule has 198 valence electrons. The van der Waals surface area contributed by atoms with Crippen molar-refractivity contribution in [2.75, 3.05) is 5.32 Å². The highest BCUT2D eigenvalue weighted by Crippen LogP contribution is 2.52. The largest absolute Gasteiger partial charge is 0.478 e. The van der Waals surface area contributed by atoms with E-state index in [1.54, 1.807) is 18.2 Å². The average molecular weight is 559 g/mol. The first-order valence-electron chi connectivity index (χ1n) is 12.7. The van der Waals surface area contributed by atoms with Crippen molar-refractivity contribution < 1.29 is 28.3 Å². The van der Waals surface area contributed by atoms with Gasteiger partial charge in [-0.2, -0.15) is 0 Å². The summed E-state index contributed by atoms with van der Waals surface area (Å²) >= 11 is 12.9. The Morgan fingerprint density at radius 2 is 1.82 bits per heavy atom. The molecule has 0 radical (unpaired) electrons. The third kappa shape index (κ3) is 4.70. The Bertz CT molecular complexity index is 1390. The second-order valence-electron chi connectivity index (χ2n) is 10.4. The maximum Gasteiger partial charge on any atom is 0.335 e. The molecule has 4 aliphatic carbocycles. The number of carboxylic acids is 1.